The molecule has 0 aliphatic heterocycles. The zero-order chi connectivity index (χ0) is 13.7. The van der Waals surface area contributed by atoms with Crippen LogP contribution in [0.1, 0.15) is 49.8 Å². The number of rotatable bonds is 2. The van der Waals surface area contributed by atoms with E-state index in [0.29, 0.717) is 5.56 Å². The van der Waals surface area contributed by atoms with Crippen LogP contribution in [0.2, 0.25) is 0 Å². The normalized spacial score (nSPS) is 37.7. The van der Waals surface area contributed by atoms with Crippen LogP contribution in [-0.4, -0.2) is 15.5 Å². The second-order valence-electron chi connectivity index (χ2n) is 7.12. The molecule has 4 aliphatic carbocycles. The molecule has 0 unspecified atom stereocenters. The minimum atomic E-state index is 0.196. The third-order valence-electron chi connectivity index (χ3n) is 5.57. The quantitative estimate of drug-likeness (QED) is 0.895. The molecule has 1 N–H and O–H groups in total. The van der Waals surface area contributed by atoms with Crippen molar-refractivity contribution >= 4 is 5.82 Å². The number of nitrogens with zero attached hydrogens (tertiary/aromatic N) is 3. The molecule has 4 aliphatic rings. The van der Waals surface area contributed by atoms with Gasteiger partial charge in [-0.2, -0.15) is 5.26 Å². The molecule has 0 saturated heterocycles. The van der Waals surface area contributed by atoms with Gasteiger partial charge in [-0.05, 0) is 63.2 Å². The highest BCUT2D eigenvalue weighted by Gasteiger charge is 2.51. The van der Waals surface area contributed by atoms with Gasteiger partial charge in [0.25, 0.3) is 0 Å². The average molecular weight is 268 g/mol. The summed E-state index contributed by atoms with van der Waals surface area (Å²) in [5.74, 6) is 3.42. The van der Waals surface area contributed by atoms with Gasteiger partial charge < -0.3 is 5.32 Å². The predicted molar refractivity (Wildman–Crippen MR) is 76.0 cm³/mol. The van der Waals surface area contributed by atoms with E-state index in [1.807, 2.05) is 6.92 Å². The van der Waals surface area contributed by atoms with Crippen molar-refractivity contribution in [1.29, 1.82) is 5.26 Å². The van der Waals surface area contributed by atoms with Crippen LogP contribution in [0.5, 0.6) is 0 Å². The fourth-order valence-electron chi connectivity index (χ4n) is 5.22. The van der Waals surface area contributed by atoms with Gasteiger partial charge in [-0.3, -0.25) is 0 Å². The molecule has 1 aromatic rings. The lowest BCUT2D eigenvalue weighted by atomic mass is 9.53. The molecule has 4 nitrogen and oxygen atoms in total. The molecule has 4 bridgehead atoms. The number of anilines is 1. The van der Waals surface area contributed by atoms with E-state index >= 15 is 0 Å². The van der Waals surface area contributed by atoms with Crippen LogP contribution < -0.4 is 5.32 Å². The molecule has 0 spiro atoms. The lowest BCUT2D eigenvalue weighted by molar-refractivity contribution is 0.0105. The summed E-state index contributed by atoms with van der Waals surface area (Å²) in [7, 11) is 0. The molecule has 0 aromatic carbocycles. The third-order valence-corrected chi connectivity index (χ3v) is 5.57. The standard InChI is InChI=1S/C16H20N4/c1-10-14(8-17)15(19-9-18-10)20-16-5-11-2-12(6-16)4-13(3-11)7-16/h9,11-13H,2-7H2,1H3,(H,18,19,20). The Kier molecular flexibility index (Phi) is 2.54. The summed E-state index contributed by atoms with van der Waals surface area (Å²) in [5.41, 5.74) is 1.58. The summed E-state index contributed by atoms with van der Waals surface area (Å²) < 4.78 is 0. The zero-order valence-electron chi connectivity index (χ0n) is 11.9. The summed E-state index contributed by atoms with van der Waals surface area (Å²) in [6.45, 7) is 1.88. The molecule has 20 heavy (non-hydrogen) atoms. The van der Waals surface area contributed by atoms with E-state index in [1.54, 1.807) is 6.33 Å². The van der Waals surface area contributed by atoms with Gasteiger partial charge in [0.2, 0.25) is 0 Å². The summed E-state index contributed by atoms with van der Waals surface area (Å²) in [6.07, 6.45) is 9.62. The van der Waals surface area contributed by atoms with Crippen molar-refractivity contribution in [2.75, 3.05) is 5.32 Å². The highest BCUT2D eigenvalue weighted by Crippen LogP contribution is 2.56. The molecule has 5 rings (SSSR count). The minimum absolute atomic E-state index is 0.196. The number of aryl methyl sites for hydroxylation is 1. The van der Waals surface area contributed by atoms with Crippen molar-refractivity contribution in [3.63, 3.8) is 0 Å². The van der Waals surface area contributed by atoms with Gasteiger partial charge in [0, 0.05) is 5.54 Å². The van der Waals surface area contributed by atoms with Crippen molar-refractivity contribution in [2.45, 2.75) is 51.0 Å². The Balaban J connectivity index is 1.67. The molecule has 0 radical (unpaired) electrons. The largest absolute Gasteiger partial charge is 0.363 e. The number of hydrogen-bond acceptors (Lipinski definition) is 4. The Hall–Kier alpha value is -1.63. The van der Waals surface area contributed by atoms with Gasteiger partial charge >= 0.3 is 0 Å². The fourth-order valence-corrected chi connectivity index (χ4v) is 5.22. The molecule has 104 valence electrons. The maximum Gasteiger partial charge on any atom is 0.148 e. The highest BCUT2D eigenvalue weighted by molar-refractivity contribution is 5.55. The summed E-state index contributed by atoms with van der Waals surface area (Å²) in [6, 6.07) is 2.26. The molecular formula is C16H20N4. The van der Waals surface area contributed by atoms with Crippen molar-refractivity contribution in [3.8, 4) is 6.07 Å². The van der Waals surface area contributed by atoms with E-state index in [4.69, 9.17) is 0 Å². The number of aromatic nitrogens is 2. The third kappa shape index (κ3) is 1.80. The zero-order valence-corrected chi connectivity index (χ0v) is 11.9. The Morgan fingerprint density at radius 3 is 2.30 bits per heavy atom. The second kappa shape index (κ2) is 4.18. The first-order valence-electron chi connectivity index (χ1n) is 7.67. The molecule has 0 amide bonds. The molecule has 4 heteroatoms. The van der Waals surface area contributed by atoms with Gasteiger partial charge in [-0.25, -0.2) is 9.97 Å². The van der Waals surface area contributed by atoms with Crippen LogP contribution >= 0.6 is 0 Å². The second-order valence-corrected chi connectivity index (χ2v) is 7.12. The van der Waals surface area contributed by atoms with Crippen LogP contribution in [0, 0.1) is 36.0 Å². The smallest absolute Gasteiger partial charge is 0.148 e. The van der Waals surface area contributed by atoms with Crippen LogP contribution in [0.15, 0.2) is 6.33 Å². The maximum absolute atomic E-state index is 9.34. The van der Waals surface area contributed by atoms with Crippen molar-refractivity contribution in [2.24, 2.45) is 17.8 Å². The first-order chi connectivity index (χ1) is 9.67. The SMILES string of the molecule is Cc1ncnc(NC23CC4CC(CC(C4)C2)C3)c1C#N. The van der Waals surface area contributed by atoms with E-state index in [0.717, 1.165) is 29.3 Å². The van der Waals surface area contributed by atoms with Crippen molar-refractivity contribution in [1.82, 2.24) is 9.97 Å². The Morgan fingerprint density at radius 1 is 1.15 bits per heavy atom. The lowest BCUT2D eigenvalue weighted by Crippen LogP contribution is -2.55. The number of nitriles is 1. The van der Waals surface area contributed by atoms with Crippen LogP contribution in [-0.2, 0) is 0 Å². The Bertz CT molecular complexity index is 551. The Labute approximate surface area is 119 Å². The Morgan fingerprint density at radius 2 is 1.75 bits per heavy atom. The van der Waals surface area contributed by atoms with E-state index in [1.165, 1.54) is 38.5 Å². The van der Waals surface area contributed by atoms with Crippen molar-refractivity contribution in [3.05, 3.63) is 17.6 Å². The van der Waals surface area contributed by atoms with Crippen LogP contribution in [0.25, 0.3) is 0 Å². The van der Waals surface area contributed by atoms with E-state index in [2.05, 4.69) is 21.4 Å². The molecule has 1 heterocycles. The summed E-state index contributed by atoms with van der Waals surface area (Å²) >= 11 is 0. The van der Waals surface area contributed by atoms with Gasteiger partial charge in [0.1, 0.15) is 23.8 Å². The van der Waals surface area contributed by atoms with Gasteiger partial charge in [0.05, 0.1) is 5.69 Å². The van der Waals surface area contributed by atoms with Crippen molar-refractivity contribution < 1.29 is 0 Å². The van der Waals surface area contributed by atoms with Crippen LogP contribution in [0.4, 0.5) is 5.82 Å². The predicted octanol–water partition coefficient (Wildman–Crippen LogP) is 3.04. The first kappa shape index (κ1) is 12.1. The molecule has 4 saturated carbocycles. The van der Waals surface area contributed by atoms with Gasteiger partial charge in [-0.1, -0.05) is 0 Å². The molecule has 0 atom stereocenters. The van der Waals surface area contributed by atoms with E-state index in [-0.39, 0.29) is 5.54 Å². The maximum atomic E-state index is 9.34. The van der Waals surface area contributed by atoms with Gasteiger partial charge in [0.15, 0.2) is 0 Å². The number of nitrogens with one attached hydrogen (secondary N) is 1. The summed E-state index contributed by atoms with van der Waals surface area (Å²) in [5, 5.41) is 13.0. The first-order valence-corrected chi connectivity index (χ1v) is 7.67. The molecule has 1 aromatic heterocycles. The highest BCUT2D eigenvalue weighted by atomic mass is 15.1. The monoisotopic (exact) mass is 268 g/mol. The minimum Gasteiger partial charge on any atom is -0.363 e. The summed E-state index contributed by atoms with van der Waals surface area (Å²) in [4.78, 5) is 8.47. The van der Waals surface area contributed by atoms with Crippen LogP contribution in [0.3, 0.4) is 0 Å². The van der Waals surface area contributed by atoms with E-state index in [9.17, 15) is 5.26 Å². The molecule has 4 fully saturated rings. The van der Waals surface area contributed by atoms with Gasteiger partial charge in [-0.15, -0.1) is 0 Å². The topological polar surface area (TPSA) is 61.6 Å². The van der Waals surface area contributed by atoms with E-state index < -0.39 is 0 Å². The lowest BCUT2D eigenvalue weighted by Gasteiger charge is -2.57. The molecular weight excluding hydrogens is 248 g/mol. The average Bonchev–Trinajstić information content (AvgIpc) is 2.36. The number of hydrogen-bond donors (Lipinski definition) is 1. The fraction of sp³-hybridized carbons (Fsp3) is 0.688.